The number of carbonyl (C=O) groups excluding carboxylic acids is 1. The minimum Gasteiger partial charge on any atom is -0.347 e. The molecule has 2 rings (SSSR count). The SMILES string of the molecule is CCn1cc(C(=O)C(C)(C)N=[N+]=[N-])c2ccccc21. The Morgan fingerprint density at radius 1 is 1.42 bits per heavy atom. The lowest BCUT2D eigenvalue weighted by molar-refractivity contribution is 0.0915. The number of aromatic nitrogens is 1. The lowest BCUT2D eigenvalue weighted by Gasteiger charge is -2.15. The van der Waals surface area contributed by atoms with E-state index in [2.05, 4.69) is 10.0 Å². The molecule has 5 heteroatoms. The number of hydrogen-bond acceptors (Lipinski definition) is 2. The van der Waals surface area contributed by atoms with Crippen LogP contribution in [-0.2, 0) is 6.54 Å². The smallest absolute Gasteiger partial charge is 0.176 e. The number of aryl methyl sites for hydroxylation is 1. The van der Waals surface area contributed by atoms with Crippen molar-refractivity contribution in [1.82, 2.24) is 4.57 Å². The van der Waals surface area contributed by atoms with Crippen LogP contribution in [-0.4, -0.2) is 15.9 Å². The van der Waals surface area contributed by atoms with Gasteiger partial charge in [0.05, 0.1) is 0 Å². The van der Waals surface area contributed by atoms with Crippen molar-refractivity contribution in [3.05, 3.63) is 46.5 Å². The first-order chi connectivity index (χ1) is 9.01. The van der Waals surface area contributed by atoms with E-state index in [1.54, 1.807) is 13.8 Å². The van der Waals surface area contributed by atoms with Crippen LogP contribution in [0.3, 0.4) is 0 Å². The largest absolute Gasteiger partial charge is 0.347 e. The molecule has 0 aliphatic carbocycles. The Labute approximate surface area is 111 Å². The predicted octanol–water partition coefficient (Wildman–Crippen LogP) is 3.93. The van der Waals surface area contributed by atoms with E-state index in [1.165, 1.54) is 0 Å². The van der Waals surface area contributed by atoms with E-state index >= 15 is 0 Å². The van der Waals surface area contributed by atoms with Gasteiger partial charge in [0.2, 0.25) is 0 Å². The molecule has 1 aromatic carbocycles. The number of carbonyl (C=O) groups is 1. The summed E-state index contributed by atoms with van der Waals surface area (Å²) in [6.07, 6.45) is 1.83. The van der Waals surface area contributed by atoms with Crippen molar-refractivity contribution in [2.24, 2.45) is 5.11 Å². The van der Waals surface area contributed by atoms with Crippen molar-refractivity contribution in [2.45, 2.75) is 32.9 Å². The third-order valence-corrected chi connectivity index (χ3v) is 3.22. The summed E-state index contributed by atoms with van der Waals surface area (Å²) in [4.78, 5) is 15.3. The molecule has 0 amide bonds. The van der Waals surface area contributed by atoms with E-state index in [-0.39, 0.29) is 5.78 Å². The third kappa shape index (κ3) is 2.20. The number of benzene rings is 1. The Kier molecular flexibility index (Phi) is 3.32. The molecule has 1 heterocycles. The van der Waals surface area contributed by atoms with Crippen molar-refractivity contribution in [2.75, 3.05) is 0 Å². The molecule has 0 radical (unpaired) electrons. The lowest BCUT2D eigenvalue weighted by atomic mass is 9.94. The van der Waals surface area contributed by atoms with Gasteiger partial charge in [-0.3, -0.25) is 4.79 Å². The molecule has 0 bridgehead atoms. The summed E-state index contributed by atoms with van der Waals surface area (Å²) < 4.78 is 2.02. The van der Waals surface area contributed by atoms with Gasteiger partial charge in [0.1, 0.15) is 5.54 Å². The van der Waals surface area contributed by atoms with Gasteiger partial charge < -0.3 is 4.57 Å². The summed E-state index contributed by atoms with van der Waals surface area (Å²) in [5.74, 6) is -0.159. The molecule has 98 valence electrons. The molecule has 0 aliphatic heterocycles. The molecule has 19 heavy (non-hydrogen) atoms. The minimum atomic E-state index is -1.07. The van der Waals surface area contributed by atoms with E-state index in [1.807, 2.05) is 42.0 Å². The molecule has 0 unspecified atom stereocenters. The molecule has 0 atom stereocenters. The van der Waals surface area contributed by atoms with E-state index < -0.39 is 5.54 Å². The molecule has 0 N–H and O–H groups in total. The van der Waals surface area contributed by atoms with Gasteiger partial charge in [-0.15, -0.1) is 0 Å². The van der Waals surface area contributed by atoms with Crippen LogP contribution >= 0.6 is 0 Å². The highest BCUT2D eigenvalue weighted by atomic mass is 16.1. The monoisotopic (exact) mass is 256 g/mol. The summed E-state index contributed by atoms with van der Waals surface area (Å²) in [5, 5.41) is 4.50. The molecule has 0 spiro atoms. The Morgan fingerprint density at radius 3 is 2.74 bits per heavy atom. The summed E-state index contributed by atoms with van der Waals surface area (Å²) in [6, 6.07) is 7.75. The second-order valence-electron chi connectivity index (χ2n) is 4.92. The average molecular weight is 256 g/mol. The zero-order valence-corrected chi connectivity index (χ0v) is 11.3. The zero-order chi connectivity index (χ0) is 14.0. The fraction of sp³-hybridized carbons (Fsp3) is 0.357. The van der Waals surface area contributed by atoms with Crippen molar-refractivity contribution in [3.8, 4) is 0 Å². The first-order valence-corrected chi connectivity index (χ1v) is 6.20. The van der Waals surface area contributed by atoms with Crippen LogP contribution < -0.4 is 0 Å². The van der Waals surface area contributed by atoms with Crippen molar-refractivity contribution in [3.63, 3.8) is 0 Å². The van der Waals surface area contributed by atoms with E-state index in [0.717, 1.165) is 17.4 Å². The molecule has 2 aromatic rings. The van der Waals surface area contributed by atoms with Crippen molar-refractivity contribution in [1.29, 1.82) is 0 Å². The number of ketones is 1. The first kappa shape index (κ1) is 13.2. The Bertz CT molecular complexity index is 678. The van der Waals surface area contributed by atoms with Gasteiger partial charge in [0.15, 0.2) is 5.78 Å². The summed E-state index contributed by atoms with van der Waals surface area (Å²) in [6.45, 7) is 6.08. The normalized spacial score (nSPS) is 11.3. The van der Waals surface area contributed by atoms with Gasteiger partial charge in [0.25, 0.3) is 0 Å². The number of Topliss-reactive ketones (excluding diaryl/α,β-unsaturated/α-hetero) is 1. The van der Waals surface area contributed by atoms with E-state index in [0.29, 0.717) is 5.56 Å². The molecule has 1 aromatic heterocycles. The number of azide groups is 1. The van der Waals surface area contributed by atoms with E-state index in [9.17, 15) is 4.79 Å². The molecule has 0 saturated heterocycles. The topological polar surface area (TPSA) is 70.8 Å². The molecule has 0 aliphatic rings. The highest BCUT2D eigenvalue weighted by Gasteiger charge is 2.29. The fourth-order valence-electron chi connectivity index (χ4n) is 2.18. The third-order valence-electron chi connectivity index (χ3n) is 3.22. The van der Waals surface area contributed by atoms with Gasteiger partial charge in [-0.05, 0) is 32.4 Å². The summed E-state index contributed by atoms with van der Waals surface area (Å²) >= 11 is 0. The number of rotatable bonds is 4. The predicted molar refractivity (Wildman–Crippen MR) is 75.2 cm³/mol. The molecule has 5 nitrogen and oxygen atoms in total. The maximum atomic E-state index is 12.5. The Hall–Kier alpha value is -2.26. The summed E-state index contributed by atoms with van der Waals surface area (Å²) in [7, 11) is 0. The van der Waals surface area contributed by atoms with Gasteiger partial charge in [-0.1, -0.05) is 23.3 Å². The van der Waals surface area contributed by atoms with Crippen LogP contribution in [0.15, 0.2) is 35.6 Å². The van der Waals surface area contributed by atoms with E-state index in [4.69, 9.17) is 5.53 Å². The highest BCUT2D eigenvalue weighted by Crippen LogP contribution is 2.26. The van der Waals surface area contributed by atoms with Crippen LogP contribution in [0.1, 0.15) is 31.1 Å². The van der Waals surface area contributed by atoms with Crippen molar-refractivity contribution >= 4 is 16.7 Å². The Morgan fingerprint density at radius 2 is 2.11 bits per heavy atom. The standard InChI is InChI=1S/C14H16N4O/c1-4-18-9-11(10-7-5-6-8-12(10)18)13(19)14(2,3)16-17-15/h5-9H,4H2,1-3H3. The lowest BCUT2D eigenvalue weighted by Crippen LogP contribution is -2.28. The first-order valence-electron chi connectivity index (χ1n) is 6.20. The number of nitrogens with zero attached hydrogens (tertiary/aromatic N) is 4. The van der Waals surface area contributed by atoms with Gasteiger partial charge in [-0.25, -0.2) is 0 Å². The van der Waals surface area contributed by atoms with Crippen molar-refractivity contribution < 1.29 is 4.79 Å². The van der Waals surface area contributed by atoms with Crippen LogP contribution in [0.25, 0.3) is 21.3 Å². The molecule has 0 fully saturated rings. The molecule has 0 saturated carbocycles. The maximum Gasteiger partial charge on any atom is 0.176 e. The highest BCUT2D eigenvalue weighted by molar-refractivity contribution is 6.12. The van der Waals surface area contributed by atoms with Crippen LogP contribution in [0.4, 0.5) is 0 Å². The second kappa shape index (κ2) is 4.78. The van der Waals surface area contributed by atoms with Gasteiger partial charge >= 0.3 is 0 Å². The molecular weight excluding hydrogens is 240 g/mol. The Balaban J connectivity index is 2.63. The number of hydrogen-bond donors (Lipinski definition) is 0. The number of para-hydroxylation sites is 1. The van der Waals surface area contributed by atoms with Gasteiger partial charge in [-0.2, -0.15) is 0 Å². The fourth-order valence-corrected chi connectivity index (χ4v) is 2.18. The second-order valence-corrected chi connectivity index (χ2v) is 4.92. The zero-order valence-electron chi connectivity index (χ0n) is 11.3. The maximum absolute atomic E-state index is 12.5. The van der Waals surface area contributed by atoms with Crippen LogP contribution in [0.2, 0.25) is 0 Å². The summed E-state index contributed by atoms with van der Waals surface area (Å²) in [5.41, 5.74) is 9.12. The quantitative estimate of drug-likeness (QED) is 0.353. The molecular formula is C14H16N4O. The van der Waals surface area contributed by atoms with Gasteiger partial charge in [0, 0.05) is 34.1 Å². The average Bonchev–Trinajstić information content (AvgIpc) is 2.76. The van der Waals surface area contributed by atoms with Crippen LogP contribution in [0, 0.1) is 0 Å². The minimum absolute atomic E-state index is 0.159. The van der Waals surface area contributed by atoms with Crippen LogP contribution in [0.5, 0.6) is 0 Å². The number of fused-ring (bicyclic) bond motifs is 1.